The molecule has 0 radical (unpaired) electrons. The molecule has 0 heterocycles. The Morgan fingerprint density at radius 2 is 2.15 bits per heavy atom. The van der Waals surface area contributed by atoms with Gasteiger partial charge in [0.25, 0.3) is 0 Å². The molecule has 3 nitrogen and oxygen atoms in total. The van der Waals surface area contributed by atoms with Gasteiger partial charge >= 0.3 is 5.97 Å². The zero-order valence-corrected chi connectivity index (χ0v) is 8.00. The normalized spacial score (nSPS) is 9.62. The zero-order valence-electron chi connectivity index (χ0n) is 8.00. The first kappa shape index (κ1) is 12.2. The minimum atomic E-state index is -0.215. The van der Waals surface area contributed by atoms with Crippen molar-refractivity contribution in [2.24, 2.45) is 0 Å². The number of aliphatic hydroxyl groups is 1. The highest BCUT2D eigenvalue weighted by atomic mass is 16.5. The van der Waals surface area contributed by atoms with Crippen LogP contribution in [0.2, 0.25) is 0 Å². The second-order valence-electron chi connectivity index (χ2n) is 2.83. The smallest absolute Gasteiger partial charge is 0.305 e. The minimum absolute atomic E-state index is 0.0950. The lowest BCUT2D eigenvalue weighted by Gasteiger charge is -2.01. The Labute approximate surface area is 79.4 Å². The first-order valence-corrected chi connectivity index (χ1v) is 4.68. The number of hydrogen-bond acceptors (Lipinski definition) is 3. The lowest BCUT2D eigenvalue weighted by atomic mass is 10.1. The third-order valence-corrected chi connectivity index (χ3v) is 1.64. The van der Waals surface area contributed by atoms with E-state index in [-0.39, 0.29) is 19.2 Å². The predicted molar refractivity (Wildman–Crippen MR) is 51.3 cm³/mol. The standard InChI is InChI=1S/C10H18O3/c1-2-3-4-5-6-7-10(12)13-9-8-11/h2,11H,1,3-9H2. The van der Waals surface area contributed by atoms with E-state index in [9.17, 15) is 4.79 Å². The summed E-state index contributed by atoms with van der Waals surface area (Å²) in [5.74, 6) is -0.215. The van der Waals surface area contributed by atoms with E-state index in [1.807, 2.05) is 6.08 Å². The average Bonchev–Trinajstić information content (AvgIpc) is 2.14. The number of rotatable bonds is 8. The van der Waals surface area contributed by atoms with E-state index in [1.165, 1.54) is 0 Å². The maximum atomic E-state index is 10.9. The quantitative estimate of drug-likeness (QED) is 0.356. The van der Waals surface area contributed by atoms with Gasteiger partial charge in [-0.2, -0.15) is 0 Å². The second kappa shape index (κ2) is 9.26. The summed E-state index contributed by atoms with van der Waals surface area (Å²) in [6.07, 6.45) is 6.31. The van der Waals surface area contributed by atoms with Gasteiger partial charge < -0.3 is 9.84 Å². The number of allylic oxidation sites excluding steroid dienone is 1. The molecule has 76 valence electrons. The first-order chi connectivity index (χ1) is 6.31. The van der Waals surface area contributed by atoms with Crippen LogP contribution in [-0.2, 0) is 9.53 Å². The van der Waals surface area contributed by atoms with Crippen molar-refractivity contribution >= 4 is 5.97 Å². The van der Waals surface area contributed by atoms with Crippen molar-refractivity contribution in [3.63, 3.8) is 0 Å². The number of esters is 1. The maximum absolute atomic E-state index is 10.9. The Morgan fingerprint density at radius 3 is 2.77 bits per heavy atom. The topological polar surface area (TPSA) is 46.5 Å². The van der Waals surface area contributed by atoms with Crippen molar-refractivity contribution in [1.82, 2.24) is 0 Å². The summed E-state index contributed by atoms with van der Waals surface area (Å²) in [4.78, 5) is 10.9. The van der Waals surface area contributed by atoms with E-state index in [0.29, 0.717) is 6.42 Å². The highest BCUT2D eigenvalue weighted by Gasteiger charge is 2.00. The van der Waals surface area contributed by atoms with Gasteiger partial charge in [0.2, 0.25) is 0 Å². The van der Waals surface area contributed by atoms with Crippen LogP contribution < -0.4 is 0 Å². The number of carbonyl (C=O) groups is 1. The second-order valence-corrected chi connectivity index (χ2v) is 2.83. The van der Waals surface area contributed by atoms with Gasteiger partial charge in [0, 0.05) is 6.42 Å². The molecule has 3 heteroatoms. The molecule has 13 heavy (non-hydrogen) atoms. The van der Waals surface area contributed by atoms with Gasteiger partial charge in [0.15, 0.2) is 0 Å². The van der Waals surface area contributed by atoms with Crippen molar-refractivity contribution in [2.75, 3.05) is 13.2 Å². The molecule has 0 atom stereocenters. The van der Waals surface area contributed by atoms with Crippen molar-refractivity contribution in [3.05, 3.63) is 12.7 Å². The molecule has 0 spiro atoms. The van der Waals surface area contributed by atoms with Crippen LogP contribution in [0.4, 0.5) is 0 Å². The molecule has 0 aliphatic heterocycles. The van der Waals surface area contributed by atoms with E-state index in [2.05, 4.69) is 11.3 Å². The molecule has 0 unspecified atom stereocenters. The fourth-order valence-electron chi connectivity index (χ4n) is 0.966. The number of carbonyl (C=O) groups excluding carboxylic acids is 1. The summed E-state index contributed by atoms with van der Waals surface area (Å²) >= 11 is 0. The molecule has 0 aliphatic carbocycles. The molecule has 0 amide bonds. The third kappa shape index (κ3) is 9.08. The van der Waals surface area contributed by atoms with Gasteiger partial charge in [-0.15, -0.1) is 6.58 Å². The number of ether oxygens (including phenoxy) is 1. The van der Waals surface area contributed by atoms with Gasteiger partial charge in [-0.05, 0) is 19.3 Å². The van der Waals surface area contributed by atoms with Crippen molar-refractivity contribution in [3.8, 4) is 0 Å². The molecule has 0 saturated heterocycles. The van der Waals surface area contributed by atoms with Gasteiger partial charge in [0.1, 0.15) is 6.61 Å². The Bertz CT molecular complexity index is 143. The molecule has 0 fully saturated rings. The van der Waals surface area contributed by atoms with Crippen LogP contribution in [0.1, 0.15) is 32.1 Å². The Hall–Kier alpha value is -0.830. The summed E-state index contributed by atoms with van der Waals surface area (Å²) < 4.78 is 4.69. The van der Waals surface area contributed by atoms with Crippen LogP contribution in [0, 0.1) is 0 Å². The lowest BCUT2D eigenvalue weighted by molar-refractivity contribution is -0.144. The van der Waals surface area contributed by atoms with Crippen LogP contribution >= 0.6 is 0 Å². The monoisotopic (exact) mass is 186 g/mol. The fraction of sp³-hybridized carbons (Fsp3) is 0.700. The Balaban J connectivity index is 3.12. The third-order valence-electron chi connectivity index (χ3n) is 1.64. The summed E-state index contributed by atoms with van der Waals surface area (Å²) in [5, 5.41) is 8.37. The predicted octanol–water partition coefficient (Wildman–Crippen LogP) is 1.66. The molecule has 0 saturated carbocycles. The average molecular weight is 186 g/mol. The minimum Gasteiger partial charge on any atom is -0.463 e. The van der Waals surface area contributed by atoms with Crippen molar-refractivity contribution in [2.45, 2.75) is 32.1 Å². The summed E-state index contributed by atoms with van der Waals surface area (Å²) in [7, 11) is 0. The summed E-state index contributed by atoms with van der Waals surface area (Å²) in [5.41, 5.74) is 0. The van der Waals surface area contributed by atoms with Crippen LogP contribution in [0.25, 0.3) is 0 Å². The highest BCUT2D eigenvalue weighted by molar-refractivity contribution is 5.69. The van der Waals surface area contributed by atoms with Crippen LogP contribution in [-0.4, -0.2) is 24.3 Å². The number of unbranched alkanes of at least 4 members (excludes halogenated alkanes) is 3. The van der Waals surface area contributed by atoms with Crippen LogP contribution in [0.3, 0.4) is 0 Å². The molecule has 0 aromatic heterocycles. The van der Waals surface area contributed by atoms with E-state index in [1.54, 1.807) is 0 Å². The summed E-state index contributed by atoms with van der Waals surface area (Å²) in [6, 6.07) is 0. The van der Waals surface area contributed by atoms with Crippen molar-refractivity contribution in [1.29, 1.82) is 0 Å². The molecule has 1 N–H and O–H groups in total. The molecule has 0 aromatic rings. The van der Waals surface area contributed by atoms with E-state index in [4.69, 9.17) is 5.11 Å². The van der Waals surface area contributed by atoms with E-state index >= 15 is 0 Å². The molecular formula is C10H18O3. The van der Waals surface area contributed by atoms with Gasteiger partial charge in [0.05, 0.1) is 6.61 Å². The van der Waals surface area contributed by atoms with Gasteiger partial charge in [-0.25, -0.2) is 0 Å². The first-order valence-electron chi connectivity index (χ1n) is 4.68. The molecule has 0 aromatic carbocycles. The number of aliphatic hydroxyl groups excluding tert-OH is 1. The molecule has 0 rings (SSSR count). The Kier molecular flexibility index (Phi) is 8.67. The van der Waals surface area contributed by atoms with E-state index in [0.717, 1.165) is 25.7 Å². The number of hydrogen-bond donors (Lipinski definition) is 1. The zero-order chi connectivity index (χ0) is 9.94. The largest absolute Gasteiger partial charge is 0.463 e. The molecule has 0 bridgehead atoms. The van der Waals surface area contributed by atoms with Gasteiger partial charge in [-0.1, -0.05) is 12.5 Å². The molecule has 0 aliphatic rings. The maximum Gasteiger partial charge on any atom is 0.305 e. The van der Waals surface area contributed by atoms with Crippen molar-refractivity contribution < 1.29 is 14.6 Å². The SMILES string of the molecule is C=CCCCCCC(=O)OCCO. The fourth-order valence-corrected chi connectivity index (χ4v) is 0.966. The van der Waals surface area contributed by atoms with E-state index < -0.39 is 0 Å². The lowest BCUT2D eigenvalue weighted by Crippen LogP contribution is -2.07. The highest BCUT2D eigenvalue weighted by Crippen LogP contribution is 2.03. The van der Waals surface area contributed by atoms with Crippen LogP contribution in [0.5, 0.6) is 0 Å². The molecular weight excluding hydrogens is 168 g/mol. The van der Waals surface area contributed by atoms with Gasteiger partial charge in [-0.3, -0.25) is 4.79 Å². The Morgan fingerprint density at radius 1 is 1.38 bits per heavy atom. The van der Waals surface area contributed by atoms with Crippen LogP contribution in [0.15, 0.2) is 12.7 Å². The summed E-state index contributed by atoms with van der Waals surface area (Å²) in [6.45, 7) is 3.64.